The number of halogens is 1. The van der Waals surface area contributed by atoms with Gasteiger partial charge < -0.3 is 20.5 Å². The maximum Gasteiger partial charge on any atom is 0.326 e. The third-order valence-corrected chi connectivity index (χ3v) is 2.80. The van der Waals surface area contributed by atoms with Crippen molar-refractivity contribution in [3.05, 3.63) is 24.0 Å². The molecule has 0 saturated heterocycles. The lowest BCUT2D eigenvalue weighted by Gasteiger charge is -2.27. The van der Waals surface area contributed by atoms with Gasteiger partial charge in [-0.1, -0.05) is 20.8 Å². The Hall–Kier alpha value is -2.31. The standard InChI is InChI=1S/C14H19FN2O4/c1-14(2,3)11(12(18)19)17-13(20)16-8-5-6-10(21-4)9(15)7-8/h5-7,11H,1-4H3,(H,18,19)(H2,16,17,20). The molecule has 0 heterocycles. The van der Waals surface area contributed by atoms with Crippen LogP contribution in [0, 0.1) is 11.2 Å². The molecule has 0 fully saturated rings. The maximum absolute atomic E-state index is 13.5. The van der Waals surface area contributed by atoms with Crippen molar-refractivity contribution in [3.63, 3.8) is 0 Å². The van der Waals surface area contributed by atoms with Crippen LogP contribution in [0.15, 0.2) is 18.2 Å². The molecule has 3 N–H and O–H groups in total. The van der Waals surface area contributed by atoms with E-state index < -0.39 is 29.3 Å². The summed E-state index contributed by atoms with van der Waals surface area (Å²) in [6, 6.07) is 2.12. The van der Waals surface area contributed by atoms with Gasteiger partial charge in [0.05, 0.1) is 7.11 Å². The molecule has 0 saturated carbocycles. The quantitative estimate of drug-likeness (QED) is 0.796. The predicted molar refractivity (Wildman–Crippen MR) is 76.0 cm³/mol. The smallest absolute Gasteiger partial charge is 0.326 e. The first kappa shape index (κ1) is 16.7. The van der Waals surface area contributed by atoms with Crippen molar-refractivity contribution < 1.29 is 23.8 Å². The van der Waals surface area contributed by atoms with Crippen molar-refractivity contribution in [1.82, 2.24) is 5.32 Å². The van der Waals surface area contributed by atoms with Gasteiger partial charge in [-0.2, -0.15) is 0 Å². The van der Waals surface area contributed by atoms with Crippen LogP contribution in [-0.4, -0.2) is 30.3 Å². The zero-order valence-corrected chi connectivity index (χ0v) is 12.4. The van der Waals surface area contributed by atoms with Gasteiger partial charge in [0.2, 0.25) is 0 Å². The molecule has 0 bridgehead atoms. The largest absolute Gasteiger partial charge is 0.494 e. The molecule has 116 valence electrons. The van der Waals surface area contributed by atoms with Crippen LogP contribution in [0.25, 0.3) is 0 Å². The monoisotopic (exact) mass is 298 g/mol. The van der Waals surface area contributed by atoms with Crippen molar-refractivity contribution >= 4 is 17.7 Å². The number of hydrogen-bond acceptors (Lipinski definition) is 3. The van der Waals surface area contributed by atoms with E-state index in [4.69, 9.17) is 9.84 Å². The van der Waals surface area contributed by atoms with E-state index in [1.807, 2.05) is 0 Å². The first-order valence-corrected chi connectivity index (χ1v) is 6.29. The summed E-state index contributed by atoms with van der Waals surface area (Å²) >= 11 is 0. The van der Waals surface area contributed by atoms with Crippen molar-refractivity contribution in [1.29, 1.82) is 0 Å². The van der Waals surface area contributed by atoms with E-state index in [9.17, 15) is 14.0 Å². The Kier molecular flexibility index (Phi) is 5.12. The van der Waals surface area contributed by atoms with Gasteiger partial charge in [-0.3, -0.25) is 0 Å². The van der Waals surface area contributed by atoms with Gasteiger partial charge in [0.15, 0.2) is 11.6 Å². The van der Waals surface area contributed by atoms with Crippen molar-refractivity contribution in [2.45, 2.75) is 26.8 Å². The van der Waals surface area contributed by atoms with Gasteiger partial charge >= 0.3 is 12.0 Å². The summed E-state index contributed by atoms with van der Waals surface area (Å²) in [5, 5.41) is 13.8. The Morgan fingerprint density at radius 3 is 2.38 bits per heavy atom. The maximum atomic E-state index is 13.5. The molecule has 0 radical (unpaired) electrons. The molecule has 1 unspecified atom stereocenters. The molecule has 0 aromatic heterocycles. The lowest BCUT2D eigenvalue weighted by molar-refractivity contribution is -0.141. The number of benzene rings is 1. The topological polar surface area (TPSA) is 87.7 Å². The molecule has 21 heavy (non-hydrogen) atoms. The highest BCUT2D eigenvalue weighted by Crippen LogP contribution is 2.22. The van der Waals surface area contributed by atoms with Crippen LogP contribution in [0.3, 0.4) is 0 Å². The molecule has 0 aliphatic rings. The summed E-state index contributed by atoms with van der Waals surface area (Å²) in [6.07, 6.45) is 0. The average molecular weight is 298 g/mol. The SMILES string of the molecule is COc1ccc(NC(=O)NC(C(=O)O)C(C)(C)C)cc1F. The highest BCUT2D eigenvalue weighted by Gasteiger charge is 2.32. The fourth-order valence-electron chi connectivity index (χ4n) is 1.69. The number of carboxylic acids is 1. The molecule has 1 rings (SSSR count). The number of aliphatic carboxylic acids is 1. The van der Waals surface area contributed by atoms with Gasteiger partial charge in [-0.05, 0) is 17.5 Å². The second-order valence-electron chi connectivity index (χ2n) is 5.59. The van der Waals surface area contributed by atoms with E-state index in [0.29, 0.717) is 0 Å². The summed E-state index contributed by atoms with van der Waals surface area (Å²) in [5.41, 5.74) is -0.460. The van der Waals surface area contributed by atoms with Gasteiger partial charge in [-0.25, -0.2) is 14.0 Å². The number of hydrogen-bond donors (Lipinski definition) is 3. The molecular weight excluding hydrogens is 279 g/mol. The van der Waals surface area contributed by atoms with E-state index >= 15 is 0 Å². The number of carbonyl (C=O) groups is 2. The zero-order valence-electron chi connectivity index (χ0n) is 12.4. The summed E-state index contributed by atoms with van der Waals surface area (Å²) in [5.74, 6) is -1.71. The van der Waals surface area contributed by atoms with Crippen LogP contribution in [0.2, 0.25) is 0 Å². The molecule has 1 aromatic carbocycles. The van der Waals surface area contributed by atoms with Crippen molar-refractivity contribution in [2.75, 3.05) is 12.4 Å². The third kappa shape index (κ3) is 4.62. The lowest BCUT2D eigenvalue weighted by Crippen LogP contribution is -2.50. The number of carboxylic acid groups (broad SMARTS) is 1. The summed E-state index contributed by atoms with van der Waals surface area (Å²) < 4.78 is 18.3. The predicted octanol–water partition coefficient (Wildman–Crippen LogP) is 2.46. The number of rotatable bonds is 4. The summed E-state index contributed by atoms with van der Waals surface area (Å²) in [6.45, 7) is 5.08. The molecule has 1 atom stereocenters. The highest BCUT2D eigenvalue weighted by molar-refractivity contribution is 5.92. The van der Waals surface area contributed by atoms with Crippen LogP contribution in [-0.2, 0) is 4.79 Å². The number of carbonyl (C=O) groups excluding carboxylic acids is 1. The third-order valence-electron chi connectivity index (χ3n) is 2.80. The van der Waals surface area contributed by atoms with Crippen molar-refractivity contribution in [3.8, 4) is 5.75 Å². The summed E-state index contributed by atoms with van der Waals surface area (Å²) in [7, 11) is 1.33. The van der Waals surface area contributed by atoms with Gasteiger partial charge in [0, 0.05) is 11.8 Å². The summed E-state index contributed by atoms with van der Waals surface area (Å²) in [4.78, 5) is 23.0. The number of nitrogens with one attached hydrogen (secondary N) is 2. The van der Waals surface area contributed by atoms with Crippen LogP contribution in [0.4, 0.5) is 14.9 Å². The Bertz CT molecular complexity index is 540. The molecule has 1 aromatic rings. The molecule has 2 amide bonds. The van der Waals surface area contributed by atoms with Crippen LogP contribution in [0.5, 0.6) is 5.75 Å². The van der Waals surface area contributed by atoms with Gasteiger partial charge in [0.25, 0.3) is 0 Å². The average Bonchev–Trinajstić information content (AvgIpc) is 2.34. The molecule has 7 heteroatoms. The minimum atomic E-state index is -1.14. The van der Waals surface area contributed by atoms with Crippen LogP contribution < -0.4 is 15.4 Å². The van der Waals surface area contributed by atoms with Crippen molar-refractivity contribution in [2.24, 2.45) is 5.41 Å². The van der Waals surface area contributed by atoms with Crippen LogP contribution in [0.1, 0.15) is 20.8 Å². The highest BCUT2D eigenvalue weighted by atomic mass is 19.1. The fourth-order valence-corrected chi connectivity index (χ4v) is 1.69. The molecule has 0 aliphatic heterocycles. The Labute approximate surface area is 122 Å². The second-order valence-corrected chi connectivity index (χ2v) is 5.59. The number of anilines is 1. The van der Waals surface area contributed by atoms with E-state index in [-0.39, 0.29) is 11.4 Å². The normalized spacial score (nSPS) is 12.4. The molecule has 0 spiro atoms. The van der Waals surface area contributed by atoms with Gasteiger partial charge in [-0.15, -0.1) is 0 Å². The molecule has 6 nitrogen and oxygen atoms in total. The van der Waals surface area contributed by atoms with E-state index in [2.05, 4.69) is 10.6 Å². The second kappa shape index (κ2) is 6.43. The number of amides is 2. The van der Waals surface area contributed by atoms with Gasteiger partial charge in [0.1, 0.15) is 6.04 Å². The van der Waals surface area contributed by atoms with E-state index in [1.165, 1.54) is 19.2 Å². The molecular formula is C14H19FN2O4. The molecule has 0 aliphatic carbocycles. The van der Waals surface area contributed by atoms with E-state index in [0.717, 1.165) is 6.07 Å². The van der Waals surface area contributed by atoms with E-state index in [1.54, 1.807) is 20.8 Å². The number of ether oxygens (including phenoxy) is 1. The first-order valence-electron chi connectivity index (χ1n) is 6.29. The minimum Gasteiger partial charge on any atom is -0.494 e. The fraction of sp³-hybridized carbons (Fsp3) is 0.429. The Morgan fingerprint density at radius 1 is 1.33 bits per heavy atom. The Balaban J connectivity index is 2.77. The Morgan fingerprint density at radius 2 is 1.95 bits per heavy atom. The zero-order chi connectivity index (χ0) is 16.2. The van der Waals surface area contributed by atoms with Crippen LogP contribution >= 0.6 is 0 Å². The minimum absolute atomic E-state index is 0.0547. The number of urea groups is 1. The first-order chi connectivity index (χ1) is 9.65. The lowest BCUT2D eigenvalue weighted by atomic mass is 9.87. The number of methoxy groups -OCH3 is 1.